The molecule has 1 aromatic carbocycles. The maximum absolute atomic E-state index is 14.9. The van der Waals surface area contributed by atoms with Gasteiger partial charge in [-0.1, -0.05) is 0 Å². The number of esters is 1. The summed E-state index contributed by atoms with van der Waals surface area (Å²) < 4.78 is 58.7. The summed E-state index contributed by atoms with van der Waals surface area (Å²) >= 11 is 0.869. The average molecular weight is 549 g/mol. The zero-order valence-corrected chi connectivity index (χ0v) is 21.3. The van der Waals surface area contributed by atoms with Crippen LogP contribution in [-0.4, -0.2) is 56.9 Å². The van der Waals surface area contributed by atoms with E-state index in [-0.39, 0.29) is 11.6 Å². The molecule has 3 rings (SSSR count). The van der Waals surface area contributed by atoms with Crippen LogP contribution in [0, 0.1) is 5.82 Å². The van der Waals surface area contributed by atoms with E-state index in [2.05, 4.69) is 10.1 Å². The first kappa shape index (κ1) is 28.1. The van der Waals surface area contributed by atoms with Gasteiger partial charge in [0.15, 0.2) is 6.17 Å². The second-order valence-electron chi connectivity index (χ2n) is 8.22. The minimum atomic E-state index is -4.33. The van der Waals surface area contributed by atoms with E-state index in [0.29, 0.717) is 0 Å². The van der Waals surface area contributed by atoms with Crippen molar-refractivity contribution in [3.63, 3.8) is 0 Å². The van der Waals surface area contributed by atoms with Crippen molar-refractivity contribution in [1.82, 2.24) is 14.6 Å². The van der Waals surface area contributed by atoms with Crippen molar-refractivity contribution in [2.45, 2.75) is 55.8 Å². The summed E-state index contributed by atoms with van der Waals surface area (Å²) in [4.78, 5) is 27.9. The molecule has 0 aliphatic carbocycles. The Kier molecular flexibility index (Phi) is 9.12. The van der Waals surface area contributed by atoms with Gasteiger partial charge < -0.3 is 20.1 Å². The molecular weight excluding hydrogens is 521 g/mol. The molecule has 11 nitrogen and oxygen atoms in total. The number of carbonyl (C=O) groups excluding carboxylic acids is 1. The number of aliphatic hydroxyl groups is 1. The van der Waals surface area contributed by atoms with Crippen LogP contribution in [-0.2, 0) is 18.6 Å². The van der Waals surface area contributed by atoms with E-state index in [4.69, 9.17) is 19.5 Å². The zero-order chi connectivity index (χ0) is 26.6. The van der Waals surface area contributed by atoms with Crippen molar-refractivity contribution in [1.29, 1.82) is 0 Å². The highest BCUT2D eigenvalue weighted by Gasteiger charge is 2.46. The highest BCUT2D eigenvalue weighted by atomic mass is 32.2. The van der Waals surface area contributed by atoms with Crippen molar-refractivity contribution >= 4 is 31.3 Å². The lowest BCUT2D eigenvalue weighted by Gasteiger charge is -2.25. The van der Waals surface area contributed by atoms with Gasteiger partial charge in [0, 0.05) is 6.20 Å². The summed E-state index contributed by atoms with van der Waals surface area (Å²) in [5.74, 6) is -1.36. The number of rotatable bonds is 10. The van der Waals surface area contributed by atoms with E-state index >= 15 is 0 Å². The Morgan fingerprint density at radius 1 is 1.31 bits per heavy atom. The van der Waals surface area contributed by atoms with Gasteiger partial charge in [0.1, 0.15) is 34.9 Å². The molecule has 36 heavy (non-hydrogen) atoms. The summed E-state index contributed by atoms with van der Waals surface area (Å²) in [5, 5.41) is 10.8. The summed E-state index contributed by atoms with van der Waals surface area (Å²) in [6, 6.07) is 4.74. The third kappa shape index (κ3) is 7.04. The van der Waals surface area contributed by atoms with Gasteiger partial charge in [0.05, 0.1) is 18.0 Å². The van der Waals surface area contributed by atoms with Crippen LogP contribution in [0.5, 0.6) is 5.75 Å². The molecule has 1 aromatic heterocycles. The molecule has 2 aromatic rings. The number of hydrogen-bond acceptors (Lipinski definition) is 10. The lowest BCUT2D eigenvalue weighted by atomic mass is 10.1. The number of hydrogen-bond donors (Lipinski definition) is 3. The highest BCUT2D eigenvalue weighted by molar-refractivity contribution is 8.00. The van der Waals surface area contributed by atoms with Crippen LogP contribution in [0.4, 0.5) is 14.6 Å². The maximum Gasteiger partial charge on any atom is 0.459 e. The molecule has 1 saturated heterocycles. The number of alkyl halides is 1. The van der Waals surface area contributed by atoms with Gasteiger partial charge in [-0.05, 0) is 51.1 Å². The quantitative estimate of drug-likeness (QED) is 0.296. The van der Waals surface area contributed by atoms with Crippen molar-refractivity contribution < 1.29 is 37.0 Å². The zero-order valence-electron chi connectivity index (χ0n) is 19.6. The summed E-state index contributed by atoms with van der Waals surface area (Å²) in [7, 11) is -4.33. The van der Waals surface area contributed by atoms with Crippen LogP contribution in [0.3, 0.4) is 0 Å². The van der Waals surface area contributed by atoms with Crippen LogP contribution in [0.2, 0.25) is 0 Å². The minimum Gasteiger partial charge on any atom is -0.462 e. The Bertz CT molecular complexity index is 1170. The third-order valence-electron chi connectivity index (χ3n) is 4.92. The number of nitrogens with one attached hydrogen (secondary N) is 1. The Labute approximate surface area is 209 Å². The third-order valence-corrected chi connectivity index (χ3v) is 8.10. The largest absolute Gasteiger partial charge is 0.462 e. The number of anilines is 1. The van der Waals surface area contributed by atoms with Gasteiger partial charge >= 0.3 is 19.4 Å². The van der Waals surface area contributed by atoms with Crippen LogP contribution in [0.15, 0.2) is 41.3 Å². The molecule has 0 spiro atoms. The van der Waals surface area contributed by atoms with E-state index in [9.17, 15) is 28.0 Å². The Morgan fingerprint density at radius 3 is 2.58 bits per heavy atom. The standard InChI is InChI=1S/C21H27F2N4O7PS/c1-11(2)33-20(29)12(3)26-35(31,34-14-6-4-13(22)5-7-14)32-10-15-18(28)17(23)19(36-15)27-9-8-16(24)25-21(27)30/h4-9,11-12,15,17-19,28H,10H2,1-3H3,(H,26,31)(H2,24,25,30)/t12-,15+,17-,18+,19+,35-/m0/s1. The van der Waals surface area contributed by atoms with E-state index < -0.39 is 66.9 Å². The Hall–Kier alpha value is -2.51. The lowest BCUT2D eigenvalue weighted by molar-refractivity contribution is -0.149. The summed E-state index contributed by atoms with van der Waals surface area (Å²) in [6.45, 7) is 4.17. The molecule has 4 N–H and O–H groups in total. The molecule has 0 radical (unpaired) electrons. The van der Waals surface area contributed by atoms with Crippen LogP contribution in [0.25, 0.3) is 0 Å². The van der Waals surface area contributed by atoms with Crippen LogP contribution in [0.1, 0.15) is 26.1 Å². The predicted octanol–water partition coefficient (Wildman–Crippen LogP) is 2.41. The van der Waals surface area contributed by atoms with Gasteiger partial charge in [0.25, 0.3) is 0 Å². The molecule has 2 heterocycles. The van der Waals surface area contributed by atoms with Gasteiger partial charge in [-0.3, -0.25) is 13.9 Å². The Morgan fingerprint density at radius 2 is 1.97 bits per heavy atom. The monoisotopic (exact) mass is 548 g/mol. The van der Waals surface area contributed by atoms with Crippen molar-refractivity contribution in [2.24, 2.45) is 0 Å². The van der Waals surface area contributed by atoms with E-state index in [1.165, 1.54) is 31.3 Å². The number of nitrogens with zero attached hydrogens (tertiary/aromatic N) is 2. The van der Waals surface area contributed by atoms with E-state index in [1.54, 1.807) is 13.8 Å². The van der Waals surface area contributed by atoms with Gasteiger partial charge in [-0.25, -0.2) is 18.1 Å². The highest BCUT2D eigenvalue weighted by Crippen LogP contribution is 2.49. The second-order valence-corrected chi connectivity index (χ2v) is 11.3. The molecule has 198 valence electrons. The topological polar surface area (TPSA) is 155 Å². The van der Waals surface area contributed by atoms with Crippen molar-refractivity contribution in [2.75, 3.05) is 12.3 Å². The van der Waals surface area contributed by atoms with Crippen molar-refractivity contribution in [3.05, 3.63) is 52.8 Å². The minimum absolute atomic E-state index is 0.0305. The molecule has 15 heteroatoms. The van der Waals surface area contributed by atoms with Gasteiger partial charge in [-0.15, -0.1) is 11.8 Å². The average Bonchev–Trinajstić information content (AvgIpc) is 3.07. The molecule has 1 aliphatic rings. The molecule has 1 fully saturated rings. The molecule has 0 amide bonds. The Balaban J connectivity index is 1.76. The molecule has 6 atom stereocenters. The molecule has 0 unspecified atom stereocenters. The SMILES string of the molecule is CC(C)OC(=O)[C@H](C)N[P@](=O)(OC[C@H]1S[C@@H](n2ccc(N)nc2=O)[C@@H](F)[C@@H]1O)Oc1ccc(F)cc1. The molecule has 0 bridgehead atoms. The fraction of sp³-hybridized carbons (Fsp3) is 0.476. The summed E-state index contributed by atoms with van der Waals surface area (Å²) in [6.07, 6.45) is -2.64. The number of benzene rings is 1. The number of aliphatic hydroxyl groups excluding tert-OH is 1. The van der Waals surface area contributed by atoms with Crippen LogP contribution >= 0.6 is 19.5 Å². The number of halogens is 2. The number of nitrogen functional groups attached to an aromatic ring is 1. The fourth-order valence-corrected chi connectivity index (χ4v) is 6.24. The molecule has 0 saturated carbocycles. The second kappa shape index (κ2) is 11.7. The normalized spacial score (nSPS) is 24.3. The molecular formula is C21H27F2N4O7PS. The fourth-order valence-electron chi connectivity index (χ4n) is 3.20. The van der Waals surface area contributed by atoms with Crippen LogP contribution < -0.4 is 21.0 Å². The number of carbonyl (C=O) groups is 1. The number of thioether (sulfide) groups is 1. The first-order chi connectivity index (χ1) is 16.9. The number of nitrogens with two attached hydrogens (primary N) is 1. The first-order valence-corrected chi connectivity index (χ1v) is 13.4. The predicted molar refractivity (Wildman–Crippen MR) is 129 cm³/mol. The summed E-state index contributed by atoms with van der Waals surface area (Å²) in [5.41, 5.74) is 4.67. The smallest absolute Gasteiger partial charge is 0.459 e. The first-order valence-electron chi connectivity index (χ1n) is 10.9. The number of ether oxygens (including phenoxy) is 1. The van der Waals surface area contributed by atoms with Gasteiger partial charge in [0.2, 0.25) is 0 Å². The maximum atomic E-state index is 14.9. The number of aromatic nitrogens is 2. The van der Waals surface area contributed by atoms with Gasteiger partial charge in [-0.2, -0.15) is 10.1 Å². The lowest BCUT2D eigenvalue weighted by Crippen LogP contribution is -2.37. The molecule has 1 aliphatic heterocycles. The van der Waals surface area contributed by atoms with Crippen molar-refractivity contribution in [3.8, 4) is 5.75 Å². The van der Waals surface area contributed by atoms with E-state index in [1.807, 2.05) is 0 Å². The van der Waals surface area contributed by atoms with E-state index in [0.717, 1.165) is 28.5 Å².